The summed E-state index contributed by atoms with van der Waals surface area (Å²) in [6.45, 7) is 0.762. The van der Waals surface area contributed by atoms with Gasteiger partial charge in [-0.05, 0) is 30.7 Å². The second-order valence-corrected chi connectivity index (χ2v) is 5.43. The van der Waals surface area contributed by atoms with Crippen molar-refractivity contribution in [1.29, 1.82) is 0 Å². The van der Waals surface area contributed by atoms with Crippen LogP contribution >= 0.6 is 24.2 Å². The second kappa shape index (κ2) is 7.66. The standard InChI is InChI=1S/C16H19ClOS/c17-15-9-10-16(14-8-4-3-7-13(14)15)18-11-5-1-2-6-12-19/h3-4,7-10,19H,1-2,5-6,11-12H2. The van der Waals surface area contributed by atoms with Crippen LogP contribution in [-0.4, -0.2) is 12.4 Å². The molecule has 2 rings (SSSR count). The van der Waals surface area contributed by atoms with Crippen molar-refractivity contribution in [1.82, 2.24) is 0 Å². The Hall–Kier alpha value is -0.860. The van der Waals surface area contributed by atoms with E-state index in [2.05, 4.69) is 18.7 Å². The maximum atomic E-state index is 6.18. The molecule has 0 saturated carbocycles. The number of hydrogen-bond donors (Lipinski definition) is 1. The molecule has 0 amide bonds. The first-order chi connectivity index (χ1) is 9.33. The van der Waals surface area contributed by atoms with Crippen LogP contribution in [0.3, 0.4) is 0 Å². The Morgan fingerprint density at radius 2 is 1.63 bits per heavy atom. The summed E-state index contributed by atoms with van der Waals surface area (Å²) >= 11 is 10.4. The summed E-state index contributed by atoms with van der Waals surface area (Å²) in [5.41, 5.74) is 0. The highest BCUT2D eigenvalue weighted by Gasteiger charge is 2.04. The molecule has 0 heterocycles. The van der Waals surface area contributed by atoms with Gasteiger partial charge < -0.3 is 4.74 Å². The van der Waals surface area contributed by atoms with E-state index in [9.17, 15) is 0 Å². The van der Waals surface area contributed by atoms with Crippen molar-refractivity contribution in [3.63, 3.8) is 0 Å². The summed E-state index contributed by atoms with van der Waals surface area (Å²) in [5.74, 6) is 1.90. The average molecular weight is 295 g/mol. The summed E-state index contributed by atoms with van der Waals surface area (Å²) in [5, 5.41) is 2.92. The summed E-state index contributed by atoms with van der Waals surface area (Å²) < 4.78 is 5.88. The minimum atomic E-state index is 0.762. The molecule has 0 fully saturated rings. The topological polar surface area (TPSA) is 9.23 Å². The van der Waals surface area contributed by atoms with E-state index in [4.69, 9.17) is 16.3 Å². The first-order valence-electron chi connectivity index (χ1n) is 6.74. The zero-order valence-electron chi connectivity index (χ0n) is 10.9. The predicted octanol–water partition coefficient (Wildman–Crippen LogP) is 5.36. The van der Waals surface area contributed by atoms with Gasteiger partial charge in [0, 0.05) is 15.8 Å². The highest BCUT2D eigenvalue weighted by molar-refractivity contribution is 7.80. The highest BCUT2D eigenvalue weighted by atomic mass is 35.5. The molecular weight excluding hydrogens is 276 g/mol. The van der Waals surface area contributed by atoms with Crippen LogP contribution in [0, 0.1) is 0 Å². The van der Waals surface area contributed by atoms with Gasteiger partial charge in [0.2, 0.25) is 0 Å². The molecule has 0 aliphatic heterocycles. The minimum Gasteiger partial charge on any atom is -0.493 e. The van der Waals surface area contributed by atoms with Crippen molar-refractivity contribution in [2.45, 2.75) is 25.7 Å². The van der Waals surface area contributed by atoms with Crippen LogP contribution in [0.25, 0.3) is 10.8 Å². The van der Waals surface area contributed by atoms with E-state index in [0.29, 0.717) is 0 Å². The fourth-order valence-electron chi connectivity index (χ4n) is 2.11. The number of rotatable bonds is 7. The van der Waals surface area contributed by atoms with Gasteiger partial charge in [-0.3, -0.25) is 0 Å². The van der Waals surface area contributed by atoms with E-state index in [-0.39, 0.29) is 0 Å². The van der Waals surface area contributed by atoms with Crippen LogP contribution in [0.1, 0.15) is 25.7 Å². The maximum Gasteiger partial charge on any atom is 0.127 e. The number of fused-ring (bicyclic) bond motifs is 1. The highest BCUT2D eigenvalue weighted by Crippen LogP contribution is 2.31. The number of benzene rings is 2. The van der Waals surface area contributed by atoms with Gasteiger partial charge in [-0.1, -0.05) is 48.7 Å². The third-order valence-electron chi connectivity index (χ3n) is 3.14. The number of ether oxygens (including phenoxy) is 1. The molecule has 2 aromatic carbocycles. The molecule has 0 aliphatic rings. The lowest BCUT2D eigenvalue weighted by Crippen LogP contribution is -1.98. The molecule has 0 radical (unpaired) electrons. The molecule has 0 aromatic heterocycles. The first kappa shape index (κ1) is 14.5. The number of thiol groups is 1. The lowest BCUT2D eigenvalue weighted by Gasteiger charge is -2.10. The number of halogens is 1. The van der Waals surface area contributed by atoms with E-state index in [1.54, 1.807) is 0 Å². The molecule has 0 bridgehead atoms. The van der Waals surface area contributed by atoms with Crippen LogP contribution < -0.4 is 4.74 Å². The summed E-state index contributed by atoms with van der Waals surface area (Å²) in [4.78, 5) is 0. The molecule has 1 nitrogen and oxygen atoms in total. The van der Waals surface area contributed by atoms with E-state index in [1.165, 1.54) is 19.3 Å². The Bertz CT molecular complexity index is 527. The molecule has 0 aliphatic carbocycles. The second-order valence-electron chi connectivity index (χ2n) is 4.58. The smallest absolute Gasteiger partial charge is 0.127 e. The first-order valence-corrected chi connectivity index (χ1v) is 7.75. The van der Waals surface area contributed by atoms with Gasteiger partial charge in [0.25, 0.3) is 0 Å². The predicted molar refractivity (Wildman–Crippen MR) is 86.8 cm³/mol. The van der Waals surface area contributed by atoms with Crippen molar-refractivity contribution in [2.24, 2.45) is 0 Å². The maximum absolute atomic E-state index is 6.18. The average Bonchev–Trinajstić information content (AvgIpc) is 2.45. The van der Waals surface area contributed by atoms with Gasteiger partial charge in [0.15, 0.2) is 0 Å². The van der Waals surface area contributed by atoms with Crippen LogP contribution in [0.2, 0.25) is 5.02 Å². The van der Waals surface area contributed by atoms with Crippen molar-refractivity contribution < 1.29 is 4.74 Å². The largest absolute Gasteiger partial charge is 0.493 e. The van der Waals surface area contributed by atoms with Crippen molar-refractivity contribution in [2.75, 3.05) is 12.4 Å². The molecule has 0 unspecified atom stereocenters. The van der Waals surface area contributed by atoms with Crippen molar-refractivity contribution in [3.05, 3.63) is 41.4 Å². The quantitative estimate of drug-likeness (QED) is 0.534. The molecule has 0 spiro atoms. The summed E-state index contributed by atoms with van der Waals surface area (Å²) in [6, 6.07) is 11.9. The monoisotopic (exact) mass is 294 g/mol. The van der Waals surface area contributed by atoms with Gasteiger partial charge in [-0.25, -0.2) is 0 Å². The molecule has 19 heavy (non-hydrogen) atoms. The Morgan fingerprint density at radius 1 is 0.895 bits per heavy atom. The van der Waals surface area contributed by atoms with Crippen molar-refractivity contribution in [3.8, 4) is 5.75 Å². The van der Waals surface area contributed by atoms with Gasteiger partial charge in [-0.2, -0.15) is 12.6 Å². The van der Waals surface area contributed by atoms with Gasteiger partial charge in [0.1, 0.15) is 5.75 Å². The number of unbranched alkanes of at least 4 members (excludes halogenated alkanes) is 3. The third kappa shape index (κ3) is 4.05. The van der Waals surface area contributed by atoms with Crippen LogP contribution in [0.4, 0.5) is 0 Å². The lowest BCUT2D eigenvalue weighted by molar-refractivity contribution is 0.308. The van der Waals surface area contributed by atoms with Gasteiger partial charge >= 0.3 is 0 Å². The fourth-order valence-corrected chi connectivity index (χ4v) is 2.56. The SMILES string of the molecule is SCCCCCCOc1ccc(Cl)c2ccccc12. The normalized spacial score (nSPS) is 10.8. The summed E-state index contributed by atoms with van der Waals surface area (Å²) in [6.07, 6.45) is 4.71. The Morgan fingerprint density at radius 3 is 2.42 bits per heavy atom. The third-order valence-corrected chi connectivity index (χ3v) is 3.79. The van der Waals surface area contributed by atoms with E-state index >= 15 is 0 Å². The Labute approximate surface area is 125 Å². The van der Waals surface area contributed by atoms with E-state index in [1.807, 2.05) is 30.3 Å². The van der Waals surface area contributed by atoms with Crippen LogP contribution in [-0.2, 0) is 0 Å². The molecule has 3 heteroatoms. The zero-order valence-corrected chi connectivity index (χ0v) is 12.6. The summed E-state index contributed by atoms with van der Waals surface area (Å²) in [7, 11) is 0. The molecule has 0 saturated heterocycles. The number of hydrogen-bond acceptors (Lipinski definition) is 2. The Balaban J connectivity index is 1.96. The van der Waals surface area contributed by atoms with E-state index in [0.717, 1.165) is 40.3 Å². The Kier molecular flexibility index (Phi) is 5.87. The molecule has 0 N–H and O–H groups in total. The van der Waals surface area contributed by atoms with Gasteiger partial charge in [-0.15, -0.1) is 0 Å². The van der Waals surface area contributed by atoms with Gasteiger partial charge in [0.05, 0.1) is 6.61 Å². The van der Waals surface area contributed by atoms with Crippen LogP contribution in [0.5, 0.6) is 5.75 Å². The molecule has 2 aromatic rings. The van der Waals surface area contributed by atoms with Crippen LogP contribution in [0.15, 0.2) is 36.4 Å². The van der Waals surface area contributed by atoms with Crippen molar-refractivity contribution >= 4 is 35.0 Å². The lowest BCUT2D eigenvalue weighted by atomic mass is 10.1. The molecule has 102 valence electrons. The minimum absolute atomic E-state index is 0.762. The molecule has 0 atom stereocenters. The zero-order chi connectivity index (χ0) is 13.5. The van der Waals surface area contributed by atoms with E-state index < -0.39 is 0 Å². The molecular formula is C16H19ClOS. The fraction of sp³-hybridized carbons (Fsp3) is 0.375.